The zero-order valence-corrected chi connectivity index (χ0v) is 55.4. The predicted molar refractivity (Wildman–Crippen MR) is 311 cm³/mol. The molecule has 4 aliphatic rings. The van der Waals surface area contributed by atoms with Gasteiger partial charge in [0.1, 0.15) is 18.3 Å². The number of esters is 3. The van der Waals surface area contributed by atoms with Crippen molar-refractivity contribution >= 4 is 180 Å². The first kappa shape index (κ1) is 57.7. The number of hydrogen-bond acceptors (Lipinski definition) is 10. The first-order valence-corrected chi connectivity index (χ1v) is 53.4. The molecule has 23 atom stereocenters. The lowest BCUT2D eigenvalue weighted by atomic mass is 9.45. The number of fused-ring (bicyclic) bond motifs is 5. The average Bonchev–Trinajstić information content (AvgIpc) is 3.14. The monoisotopic (exact) mass is 1210 g/mol. The maximum absolute atomic E-state index is 14.7. The van der Waals surface area contributed by atoms with E-state index in [0.29, 0.717) is 18.4 Å². The van der Waals surface area contributed by atoms with Crippen LogP contribution in [0.2, 0.25) is 0 Å². The molecule has 344 valence electrons. The molecule has 1 aromatic rings. The summed E-state index contributed by atoms with van der Waals surface area (Å²) < 4.78 is 41.2. The first-order chi connectivity index (χ1) is 28.3. The van der Waals surface area contributed by atoms with Crippen molar-refractivity contribution in [1.29, 1.82) is 0 Å². The quantitative estimate of drug-likeness (QED) is 0.0785. The summed E-state index contributed by atoms with van der Waals surface area (Å²) in [5.41, 5.74) is -1.41. The SMILES string of the molecule is CC(=O)O[C@@H]1C2=C(C)[C@@H](OP(P(P)P(P)P)P(P(P)P)P(P)P)CC(C(OC(=O)c3ccccc3)C3[C@@](C)([C@@H](OP(P(P)P)P(P)P)C[C@H]4OC[C@@]34OC(C)=O)[C@@H]1O)C2(C)C. The third kappa shape index (κ3) is 12.4. The summed E-state index contributed by atoms with van der Waals surface area (Å²) >= 11 is 0. The number of hydrogen-bond donors (Lipinski definition) is 1. The minimum absolute atomic E-state index is 0.0364. The topological polar surface area (TPSA) is 127 Å². The Morgan fingerprint density at radius 3 is 1.84 bits per heavy atom. The van der Waals surface area contributed by atoms with Gasteiger partial charge >= 0.3 is 17.9 Å². The van der Waals surface area contributed by atoms with Crippen LogP contribution in [0.25, 0.3) is 0 Å². The van der Waals surface area contributed by atoms with Gasteiger partial charge in [-0.25, -0.2) is 4.79 Å². The van der Waals surface area contributed by atoms with Crippen molar-refractivity contribution in [1.82, 2.24) is 0 Å². The fourth-order valence-electron chi connectivity index (χ4n) is 9.48. The van der Waals surface area contributed by atoms with Crippen LogP contribution in [0.3, 0.4) is 0 Å². The summed E-state index contributed by atoms with van der Waals surface area (Å²) in [5.74, 6) is -2.91. The van der Waals surface area contributed by atoms with Crippen molar-refractivity contribution in [2.24, 2.45) is 22.7 Å². The van der Waals surface area contributed by atoms with Gasteiger partial charge in [0.15, 0.2) is 11.7 Å². The van der Waals surface area contributed by atoms with Gasteiger partial charge in [0.25, 0.3) is 0 Å². The van der Waals surface area contributed by atoms with E-state index in [1.54, 1.807) is 24.3 Å². The summed E-state index contributed by atoms with van der Waals surface area (Å²) in [7, 11) is 31.1. The Bertz CT molecular complexity index is 1760. The van der Waals surface area contributed by atoms with E-state index in [1.807, 2.05) is 13.0 Å². The smallest absolute Gasteiger partial charge is 0.338 e. The number of carbonyl (C=O) groups is 3. The molecule has 61 heavy (non-hydrogen) atoms. The molecule has 0 spiro atoms. The number of carbonyl (C=O) groups excluding carboxylic acids is 3. The lowest BCUT2D eigenvalue weighted by Gasteiger charge is -2.68. The summed E-state index contributed by atoms with van der Waals surface area (Å²) in [4.78, 5) is 41.5. The summed E-state index contributed by atoms with van der Waals surface area (Å²) in [6, 6.07) is 8.91. The maximum Gasteiger partial charge on any atom is 0.338 e. The molecular weight excluding hydrogens is 1150 g/mol. The highest BCUT2D eigenvalue weighted by molar-refractivity contribution is 9.19. The molecule has 0 radical (unpaired) electrons. The molecule has 3 aliphatic carbocycles. The Labute approximate surface area is 397 Å². The largest absolute Gasteiger partial charge is 0.458 e. The average molecular weight is 1210 g/mol. The van der Waals surface area contributed by atoms with E-state index >= 15 is 0 Å². The van der Waals surface area contributed by atoms with Gasteiger partial charge in [0.05, 0.1) is 45.3 Å². The minimum atomic E-state index is -1.40. The van der Waals surface area contributed by atoms with Gasteiger partial charge in [-0.2, -0.15) is 0 Å². The van der Waals surface area contributed by atoms with Crippen LogP contribution in [0.1, 0.15) is 64.7 Å². The Hall–Kier alpha value is 5.81. The highest BCUT2D eigenvalue weighted by Crippen LogP contribution is 3.17. The Morgan fingerprint density at radius 1 is 0.770 bits per heavy atom. The summed E-state index contributed by atoms with van der Waals surface area (Å²) in [5, 5.41) is 13.5. The fourth-order valence-corrected chi connectivity index (χ4v) is 138. The van der Waals surface area contributed by atoms with Crippen LogP contribution in [0.5, 0.6) is 0 Å². The predicted octanol–water partition coefficient (Wildman–Crippen LogP) is 14.6. The standard InChI is InChI=1S/C31H60O10P20/c1-15-20(40-54(60(52)57(46)47)61(58(48)49)59(50)51)12-19-24(38-28(35)18-10-8-7-9-11-18)26-30(6,27(34)25(37-16(2)32)23(15)29(19,4)5)21(41-53(55(42)43)56(44)45)13-22-31(26,14-36-22)39-17(3)33/h7-11,19-22,24-27,34H,12-14,42-52H2,1-6H3/t19?,20-,21-,22+,24?,25+,26?,27+,30+,31-,54?,60?/m0/s1. The van der Waals surface area contributed by atoms with Gasteiger partial charge in [-0.3, -0.25) is 9.59 Å². The van der Waals surface area contributed by atoms with E-state index in [2.05, 4.69) is 119 Å². The summed E-state index contributed by atoms with van der Waals surface area (Å²) in [6.45, 7) is 6.80. The van der Waals surface area contributed by atoms with Gasteiger partial charge in [-0.1, -0.05) is 47.9 Å². The number of aliphatic hydroxyl groups is 1. The van der Waals surface area contributed by atoms with E-state index in [-0.39, 0.29) is 6.61 Å². The molecule has 5 rings (SSSR count). The van der Waals surface area contributed by atoms with E-state index in [9.17, 15) is 19.5 Å². The maximum atomic E-state index is 14.7. The zero-order chi connectivity index (χ0) is 45.7. The highest BCUT2D eigenvalue weighted by atomic mass is 33.2. The van der Waals surface area contributed by atoms with Crippen LogP contribution in [-0.2, 0) is 37.6 Å². The van der Waals surface area contributed by atoms with Gasteiger partial charge in [0, 0.05) is 45.6 Å². The van der Waals surface area contributed by atoms with Crippen molar-refractivity contribution in [3.8, 4) is 0 Å². The Kier molecular flexibility index (Phi) is 22.9. The second-order valence-electron chi connectivity index (χ2n) is 16.0. The highest BCUT2D eigenvalue weighted by Gasteiger charge is 2.76. The fraction of sp³-hybridized carbons (Fsp3) is 0.645. The molecular formula is C31H60O10P20. The van der Waals surface area contributed by atoms with Gasteiger partial charge in [0.2, 0.25) is 0 Å². The van der Waals surface area contributed by atoms with Crippen molar-refractivity contribution in [3.63, 3.8) is 0 Å². The molecule has 2 bridgehead atoms. The van der Waals surface area contributed by atoms with Crippen LogP contribution in [0.4, 0.5) is 0 Å². The molecule has 30 heteroatoms. The molecule has 1 N–H and O–H groups in total. The minimum Gasteiger partial charge on any atom is -0.458 e. The molecule has 2 saturated carbocycles. The van der Waals surface area contributed by atoms with Gasteiger partial charge in [-0.05, 0) is 77.0 Å². The van der Waals surface area contributed by atoms with Gasteiger partial charge < -0.3 is 33.1 Å². The van der Waals surface area contributed by atoms with Crippen LogP contribution in [0, 0.1) is 22.7 Å². The molecule has 1 aromatic carbocycles. The lowest BCUT2D eigenvalue weighted by Crippen LogP contribution is -2.80. The second kappa shape index (κ2) is 24.2. The molecule has 1 heterocycles. The molecule has 16 unspecified atom stereocenters. The summed E-state index contributed by atoms with van der Waals surface area (Å²) in [6.07, 6.45) is -4.46. The number of aliphatic hydroxyl groups excluding tert-OH is 1. The van der Waals surface area contributed by atoms with Crippen molar-refractivity contribution in [2.75, 3.05) is 6.61 Å². The number of ether oxygens (including phenoxy) is 4. The van der Waals surface area contributed by atoms with Gasteiger partial charge in [-0.15, -0.1) is 89.3 Å². The molecule has 0 amide bonds. The van der Waals surface area contributed by atoms with Crippen LogP contribution < -0.4 is 0 Å². The molecule has 3 fully saturated rings. The first-order valence-electron chi connectivity index (χ1n) is 18.7. The lowest BCUT2D eigenvalue weighted by molar-refractivity contribution is -0.351. The third-order valence-electron chi connectivity index (χ3n) is 12.0. The van der Waals surface area contributed by atoms with E-state index in [1.165, 1.54) is 13.8 Å². The molecule has 1 aliphatic heterocycles. The zero-order valence-electron chi connectivity index (χ0n) is 34.6. The Morgan fingerprint density at radius 2 is 1.36 bits per heavy atom. The van der Waals surface area contributed by atoms with Crippen LogP contribution in [-0.4, -0.2) is 71.8 Å². The third-order valence-corrected chi connectivity index (χ3v) is 105. The Balaban J connectivity index is 1.87. The van der Waals surface area contributed by atoms with Crippen molar-refractivity contribution in [3.05, 3.63) is 47.0 Å². The van der Waals surface area contributed by atoms with Crippen LogP contribution >= 0.6 is 162 Å². The number of benzene rings is 1. The van der Waals surface area contributed by atoms with E-state index in [0.717, 1.165) is 11.1 Å². The molecule has 10 nitrogen and oxygen atoms in total. The van der Waals surface area contributed by atoms with E-state index < -0.39 is 147 Å². The normalized spacial score (nSPS) is 33.3. The second-order valence-corrected chi connectivity index (χ2v) is 88.4. The van der Waals surface area contributed by atoms with Crippen LogP contribution in [0.15, 0.2) is 41.5 Å². The molecule has 0 aromatic heterocycles. The number of rotatable bonds is 15. The molecule has 1 saturated heterocycles. The van der Waals surface area contributed by atoms with Crippen molar-refractivity contribution < 1.29 is 47.5 Å². The van der Waals surface area contributed by atoms with Crippen molar-refractivity contribution in [2.45, 2.75) is 96.6 Å². The van der Waals surface area contributed by atoms with E-state index in [4.69, 9.17) is 28.0 Å².